The predicted octanol–water partition coefficient (Wildman–Crippen LogP) is -0.192. The first kappa shape index (κ1) is 15.8. The van der Waals surface area contributed by atoms with Crippen LogP contribution in [0.2, 0.25) is 0 Å². The topological polar surface area (TPSA) is 106 Å². The van der Waals surface area contributed by atoms with Crippen LogP contribution in [0.15, 0.2) is 11.0 Å². The number of rotatable bonds is 3. The van der Waals surface area contributed by atoms with Gasteiger partial charge in [0.15, 0.2) is 16.8 Å². The Morgan fingerprint density at radius 1 is 1.36 bits per heavy atom. The lowest BCUT2D eigenvalue weighted by Gasteiger charge is -2.25. The largest absolute Gasteiger partial charge is 0.394 e. The fourth-order valence-corrected chi connectivity index (χ4v) is 3.11. The summed E-state index contributed by atoms with van der Waals surface area (Å²) in [4.78, 5) is 14.1. The number of nitrogens with zero attached hydrogens (tertiary/aromatic N) is 1. The first-order valence-corrected chi connectivity index (χ1v) is 7.34. The molecule has 0 amide bonds. The SMILES string of the molecule is CC1(C)O[C@@H]2[C@H](O1)[C@@H](n1cc(CO)c(=O)[nH]c1=S)O[C@H]2CO. The minimum Gasteiger partial charge on any atom is -0.394 e. The second-order valence-corrected chi connectivity index (χ2v) is 6.18. The molecule has 2 saturated heterocycles. The molecule has 3 N–H and O–H groups in total. The van der Waals surface area contributed by atoms with Gasteiger partial charge in [0.1, 0.15) is 18.3 Å². The molecule has 1 aromatic rings. The lowest BCUT2D eigenvalue weighted by Crippen LogP contribution is -2.31. The van der Waals surface area contributed by atoms with E-state index in [0.717, 1.165) is 0 Å². The lowest BCUT2D eigenvalue weighted by atomic mass is 10.1. The maximum atomic E-state index is 11.7. The van der Waals surface area contributed by atoms with Crippen molar-refractivity contribution >= 4 is 12.2 Å². The van der Waals surface area contributed by atoms with Gasteiger partial charge in [-0.1, -0.05) is 0 Å². The Labute approximate surface area is 131 Å². The van der Waals surface area contributed by atoms with Gasteiger partial charge in [0, 0.05) is 6.20 Å². The first-order chi connectivity index (χ1) is 10.4. The number of ether oxygens (including phenoxy) is 3. The summed E-state index contributed by atoms with van der Waals surface area (Å²) in [7, 11) is 0. The molecule has 1 aromatic heterocycles. The van der Waals surface area contributed by atoms with Gasteiger partial charge in [0.05, 0.1) is 18.8 Å². The molecule has 0 radical (unpaired) electrons. The van der Waals surface area contributed by atoms with Crippen LogP contribution in [0, 0.1) is 4.77 Å². The molecule has 9 heteroatoms. The first-order valence-electron chi connectivity index (χ1n) is 6.93. The summed E-state index contributed by atoms with van der Waals surface area (Å²) in [5.41, 5.74) is -0.278. The van der Waals surface area contributed by atoms with E-state index in [1.54, 1.807) is 13.8 Å². The molecular formula is C13H18N2O6S. The van der Waals surface area contributed by atoms with Crippen molar-refractivity contribution in [2.45, 2.75) is 50.8 Å². The lowest BCUT2D eigenvalue weighted by molar-refractivity contribution is -0.200. The van der Waals surface area contributed by atoms with Crippen molar-refractivity contribution in [3.8, 4) is 0 Å². The summed E-state index contributed by atoms with van der Waals surface area (Å²) >= 11 is 5.16. The maximum Gasteiger partial charge on any atom is 0.257 e. The molecule has 4 atom stereocenters. The number of H-pyrrole nitrogens is 1. The van der Waals surface area contributed by atoms with Crippen LogP contribution in [-0.2, 0) is 20.8 Å². The van der Waals surface area contributed by atoms with Gasteiger partial charge in [-0.2, -0.15) is 0 Å². The highest BCUT2D eigenvalue weighted by Crippen LogP contribution is 2.42. The van der Waals surface area contributed by atoms with Crippen LogP contribution < -0.4 is 5.56 Å². The van der Waals surface area contributed by atoms with Gasteiger partial charge in [-0.15, -0.1) is 0 Å². The number of aromatic nitrogens is 2. The molecule has 0 unspecified atom stereocenters. The molecule has 0 aliphatic carbocycles. The van der Waals surface area contributed by atoms with E-state index in [1.165, 1.54) is 10.8 Å². The predicted molar refractivity (Wildman–Crippen MR) is 76.6 cm³/mol. The zero-order chi connectivity index (χ0) is 16.1. The summed E-state index contributed by atoms with van der Waals surface area (Å²) in [5, 5.41) is 18.7. The Bertz CT molecular complexity index is 684. The maximum absolute atomic E-state index is 11.7. The third-order valence-corrected chi connectivity index (χ3v) is 4.10. The molecule has 8 nitrogen and oxygen atoms in total. The molecule has 0 spiro atoms. The quantitative estimate of drug-likeness (QED) is 0.660. The van der Waals surface area contributed by atoms with E-state index in [2.05, 4.69) is 4.98 Å². The van der Waals surface area contributed by atoms with E-state index in [9.17, 15) is 15.0 Å². The van der Waals surface area contributed by atoms with Gasteiger partial charge in [-0.25, -0.2) is 0 Å². The zero-order valence-electron chi connectivity index (χ0n) is 12.2. The van der Waals surface area contributed by atoms with Crippen LogP contribution in [0.25, 0.3) is 0 Å². The molecule has 3 rings (SSSR count). The molecule has 122 valence electrons. The molecule has 0 bridgehead atoms. The van der Waals surface area contributed by atoms with E-state index < -0.39 is 42.5 Å². The number of hydrogen-bond donors (Lipinski definition) is 3. The third kappa shape index (κ3) is 2.53. The summed E-state index contributed by atoms with van der Waals surface area (Å²) in [6.07, 6.45) is -0.674. The van der Waals surface area contributed by atoms with E-state index in [1.807, 2.05) is 0 Å². The number of aliphatic hydroxyl groups is 2. The molecule has 2 aliphatic heterocycles. The number of aromatic amines is 1. The van der Waals surface area contributed by atoms with Crippen molar-refractivity contribution in [3.05, 3.63) is 26.9 Å². The van der Waals surface area contributed by atoms with Crippen LogP contribution >= 0.6 is 12.2 Å². The smallest absolute Gasteiger partial charge is 0.257 e. The highest BCUT2D eigenvalue weighted by Gasteiger charge is 2.55. The van der Waals surface area contributed by atoms with Crippen LogP contribution in [-0.4, -0.2) is 50.5 Å². The molecular weight excluding hydrogens is 312 g/mol. The summed E-state index contributed by atoms with van der Waals surface area (Å²) < 4.78 is 19.1. The molecule has 2 fully saturated rings. The number of fused-ring (bicyclic) bond motifs is 1. The summed E-state index contributed by atoms with van der Waals surface area (Å²) in [6, 6.07) is 0. The van der Waals surface area contributed by atoms with Crippen molar-refractivity contribution < 1.29 is 24.4 Å². The van der Waals surface area contributed by atoms with E-state index >= 15 is 0 Å². The monoisotopic (exact) mass is 330 g/mol. The highest BCUT2D eigenvalue weighted by molar-refractivity contribution is 7.71. The summed E-state index contributed by atoms with van der Waals surface area (Å²) in [5.74, 6) is -0.797. The zero-order valence-corrected chi connectivity index (χ0v) is 13.0. The highest BCUT2D eigenvalue weighted by atomic mass is 32.1. The molecule has 0 saturated carbocycles. The van der Waals surface area contributed by atoms with Crippen molar-refractivity contribution in [1.82, 2.24) is 9.55 Å². The average Bonchev–Trinajstić information content (AvgIpc) is 2.92. The van der Waals surface area contributed by atoms with Crippen LogP contribution in [0.4, 0.5) is 0 Å². The molecule has 22 heavy (non-hydrogen) atoms. The fraction of sp³-hybridized carbons (Fsp3) is 0.692. The Morgan fingerprint density at radius 3 is 2.68 bits per heavy atom. The Kier molecular flexibility index (Phi) is 3.96. The molecule has 3 heterocycles. The third-order valence-electron chi connectivity index (χ3n) is 3.79. The Morgan fingerprint density at radius 2 is 2.05 bits per heavy atom. The van der Waals surface area contributed by atoms with Gasteiger partial charge in [0.25, 0.3) is 5.56 Å². The van der Waals surface area contributed by atoms with Gasteiger partial charge in [-0.05, 0) is 26.1 Å². The number of aliphatic hydroxyl groups excluding tert-OH is 2. The van der Waals surface area contributed by atoms with Crippen LogP contribution in [0.3, 0.4) is 0 Å². The van der Waals surface area contributed by atoms with E-state index in [0.29, 0.717) is 0 Å². The molecule has 2 aliphatic rings. The van der Waals surface area contributed by atoms with E-state index in [-0.39, 0.29) is 16.9 Å². The minimum atomic E-state index is -0.797. The second kappa shape index (κ2) is 5.52. The van der Waals surface area contributed by atoms with Crippen molar-refractivity contribution in [1.29, 1.82) is 0 Å². The Balaban J connectivity index is 2.02. The average molecular weight is 330 g/mol. The fourth-order valence-electron chi connectivity index (χ4n) is 2.86. The van der Waals surface area contributed by atoms with Crippen molar-refractivity contribution in [3.63, 3.8) is 0 Å². The molecule has 0 aromatic carbocycles. The normalized spacial score (nSPS) is 33.1. The van der Waals surface area contributed by atoms with Gasteiger partial charge < -0.3 is 24.4 Å². The summed E-state index contributed by atoms with van der Waals surface area (Å²) in [6.45, 7) is 2.92. The van der Waals surface area contributed by atoms with Crippen LogP contribution in [0.5, 0.6) is 0 Å². The van der Waals surface area contributed by atoms with Crippen molar-refractivity contribution in [2.24, 2.45) is 0 Å². The van der Waals surface area contributed by atoms with E-state index in [4.69, 9.17) is 26.4 Å². The van der Waals surface area contributed by atoms with Crippen molar-refractivity contribution in [2.75, 3.05) is 6.61 Å². The Hall–Kier alpha value is -1.10. The van der Waals surface area contributed by atoms with Crippen LogP contribution in [0.1, 0.15) is 25.6 Å². The van der Waals surface area contributed by atoms with Gasteiger partial charge in [-0.3, -0.25) is 14.3 Å². The standard InChI is InChI=1S/C13H18N2O6S/c1-13(2)20-8-7(5-17)19-11(9(8)21-13)15-3-6(4-16)10(18)14-12(15)22/h3,7-9,11,16-17H,4-5H2,1-2H3,(H,14,18,22)/t7-,8-,9-,11-/m0/s1. The van der Waals surface area contributed by atoms with Gasteiger partial charge >= 0.3 is 0 Å². The number of nitrogens with one attached hydrogen (secondary N) is 1. The van der Waals surface area contributed by atoms with Gasteiger partial charge in [0.2, 0.25) is 0 Å². The second-order valence-electron chi connectivity index (χ2n) is 5.79. The number of hydrogen-bond acceptors (Lipinski definition) is 7. The minimum absolute atomic E-state index is 0.151.